The van der Waals surface area contributed by atoms with Crippen molar-refractivity contribution in [3.63, 3.8) is 0 Å². The van der Waals surface area contributed by atoms with Crippen LogP contribution in [0, 0.1) is 0 Å². The van der Waals surface area contributed by atoms with Gasteiger partial charge in [-0.15, -0.1) is 0 Å². The highest BCUT2D eigenvalue weighted by Gasteiger charge is 2.07. The quantitative estimate of drug-likeness (QED) is 0.336. The zero-order valence-corrected chi connectivity index (χ0v) is 5.70. The van der Waals surface area contributed by atoms with Gasteiger partial charge in [-0.1, -0.05) is 13.2 Å². The second-order valence-electron chi connectivity index (χ2n) is 1.50. The van der Waals surface area contributed by atoms with Crippen molar-refractivity contribution >= 4 is 11.9 Å². The summed E-state index contributed by atoms with van der Waals surface area (Å²) in [5.41, 5.74) is 4.53. The molecule has 0 rings (SSSR count). The summed E-state index contributed by atoms with van der Waals surface area (Å²) in [4.78, 5) is 28.4. The van der Waals surface area contributed by atoms with E-state index < -0.39 is 11.9 Å². The van der Waals surface area contributed by atoms with Crippen molar-refractivity contribution in [3.8, 4) is 0 Å². The van der Waals surface area contributed by atoms with Crippen molar-refractivity contribution in [3.05, 3.63) is 24.9 Å². The third kappa shape index (κ3) is 3.74. The second-order valence-corrected chi connectivity index (χ2v) is 1.50. The fourth-order valence-electron chi connectivity index (χ4n) is 0.166. The smallest absolute Gasteiger partial charge is 0.393 e. The summed E-state index contributed by atoms with van der Waals surface area (Å²) in [6.45, 7) is 6.11. The van der Waals surface area contributed by atoms with Gasteiger partial charge in [0.25, 0.3) is 0 Å². The first-order valence-corrected chi connectivity index (χ1v) is 2.57. The van der Waals surface area contributed by atoms with Crippen molar-refractivity contribution < 1.29 is 19.4 Å². The summed E-state index contributed by atoms with van der Waals surface area (Å²) < 4.78 is 0. The minimum absolute atomic E-state index is 0.345. The lowest BCUT2D eigenvalue weighted by atomic mass is 10.5. The largest absolute Gasteiger partial charge is 0.401 e. The van der Waals surface area contributed by atoms with Crippen LogP contribution in [0.3, 0.4) is 0 Å². The zero-order chi connectivity index (χ0) is 8.85. The van der Waals surface area contributed by atoms with Gasteiger partial charge in [0.15, 0.2) is 0 Å². The van der Waals surface area contributed by atoms with Crippen LogP contribution in [0.2, 0.25) is 0 Å². The number of rotatable bonds is 2. The minimum atomic E-state index is -1.000. The van der Waals surface area contributed by atoms with Crippen LogP contribution in [-0.2, 0) is 19.4 Å². The van der Waals surface area contributed by atoms with E-state index >= 15 is 0 Å². The van der Waals surface area contributed by atoms with E-state index in [2.05, 4.69) is 22.9 Å². The molecule has 0 amide bonds. The molecule has 0 unspecified atom stereocenters. The standard InChI is InChI=1S/C6H7NO4/c1-3-5(8)10-11-6(9)4(2)7/h3H,1-2,7H2. The molecule has 60 valence electrons. The van der Waals surface area contributed by atoms with Crippen LogP contribution in [0.15, 0.2) is 24.9 Å². The van der Waals surface area contributed by atoms with Crippen molar-refractivity contribution in [1.82, 2.24) is 0 Å². The van der Waals surface area contributed by atoms with Gasteiger partial charge >= 0.3 is 11.9 Å². The third-order valence-corrected chi connectivity index (χ3v) is 0.628. The van der Waals surface area contributed by atoms with E-state index in [1.807, 2.05) is 0 Å². The van der Waals surface area contributed by atoms with Crippen molar-refractivity contribution in [2.45, 2.75) is 0 Å². The Morgan fingerprint density at radius 2 is 1.91 bits per heavy atom. The first-order valence-electron chi connectivity index (χ1n) is 2.57. The van der Waals surface area contributed by atoms with Crippen LogP contribution in [-0.4, -0.2) is 11.9 Å². The number of hydrogen-bond donors (Lipinski definition) is 1. The zero-order valence-electron chi connectivity index (χ0n) is 5.70. The lowest BCUT2D eigenvalue weighted by molar-refractivity contribution is -0.251. The predicted molar refractivity (Wildman–Crippen MR) is 35.7 cm³/mol. The van der Waals surface area contributed by atoms with Crippen LogP contribution >= 0.6 is 0 Å². The fraction of sp³-hybridized carbons (Fsp3) is 0. The third-order valence-electron chi connectivity index (χ3n) is 0.628. The number of hydrogen-bond acceptors (Lipinski definition) is 5. The van der Waals surface area contributed by atoms with Crippen LogP contribution in [0.1, 0.15) is 0 Å². The Morgan fingerprint density at radius 3 is 2.27 bits per heavy atom. The van der Waals surface area contributed by atoms with Crippen LogP contribution < -0.4 is 5.73 Å². The molecule has 0 aliphatic heterocycles. The first kappa shape index (κ1) is 9.22. The number of carbonyl (C=O) groups excluding carboxylic acids is 2. The van der Waals surface area contributed by atoms with Gasteiger partial charge in [0.05, 0.1) is 0 Å². The fourth-order valence-corrected chi connectivity index (χ4v) is 0.166. The Labute approximate surface area is 63.0 Å². The Morgan fingerprint density at radius 1 is 1.36 bits per heavy atom. The first-order chi connectivity index (χ1) is 5.07. The Bertz CT molecular complexity index is 209. The molecule has 0 heterocycles. The molecule has 0 saturated heterocycles. The van der Waals surface area contributed by atoms with Gasteiger partial charge in [0, 0.05) is 6.08 Å². The number of nitrogens with two attached hydrogens (primary N) is 1. The molecule has 0 aromatic rings. The van der Waals surface area contributed by atoms with Crippen LogP contribution in [0.25, 0.3) is 0 Å². The van der Waals surface area contributed by atoms with E-state index in [-0.39, 0.29) is 5.70 Å². The summed E-state index contributed by atoms with van der Waals surface area (Å²) in [5, 5.41) is 0. The van der Waals surface area contributed by atoms with E-state index in [9.17, 15) is 9.59 Å². The van der Waals surface area contributed by atoms with E-state index in [1.54, 1.807) is 0 Å². The van der Waals surface area contributed by atoms with Gasteiger partial charge < -0.3 is 5.73 Å². The Balaban J connectivity index is 3.71. The SMILES string of the molecule is C=CC(=O)OOC(=O)C(=C)N. The average molecular weight is 157 g/mol. The molecule has 0 spiro atoms. The maximum Gasteiger partial charge on any atom is 0.401 e. The highest BCUT2D eigenvalue weighted by molar-refractivity contribution is 5.87. The molecule has 0 saturated carbocycles. The molecule has 11 heavy (non-hydrogen) atoms. The van der Waals surface area contributed by atoms with E-state index in [0.717, 1.165) is 6.08 Å². The molecule has 0 aliphatic carbocycles. The van der Waals surface area contributed by atoms with Gasteiger partial charge in [-0.2, -0.15) is 0 Å². The van der Waals surface area contributed by atoms with Crippen LogP contribution in [0.4, 0.5) is 0 Å². The molecule has 2 N–H and O–H groups in total. The minimum Gasteiger partial charge on any atom is -0.393 e. The maximum atomic E-state index is 10.4. The molecule has 0 aromatic heterocycles. The van der Waals surface area contributed by atoms with Crippen molar-refractivity contribution in [2.75, 3.05) is 0 Å². The topological polar surface area (TPSA) is 78.6 Å². The summed E-state index contributed by atoms with van der Waals surface area (Å²) in [6, 6.07) is 0. The highest BCUT2D eigenvalue weighted by atomic mass is 17.2. The molecule has 0 atom stereocenters. The lowest BCUT2D eigenvalue weighted by Crippen LogP contribution is -2.15. The molecular weight excluding hydrogens is 150 g/mol. The molecule has 0 aromatic carbocycles. The molecular formula is C6H7NO4. The van der Waals surface area contributed by atoms with Gasteiger partial charge in [0.2, 0.25) is 0 Å². The Hall–Kier alpha value is -1.78. The average Bonchev–Trinajstić information content (AvgIpc) is 1.99. The molecule has 0 bridgehead atoms. The molecule has 0 aliphatic rings. The molecule has 5 nitrogen and oxygen atoms in total. The highest BCUT2D eigenvalue weighted by Crippen LogP contribution is 1.87. The van der Waals surface area contributed by atoms with Crippen molar-refractivity contribution in [2.24, 2.45) is 5.73 Å². The number of carbonyl (C=O) groups is 2. The lowest BCUT2D eigenvalue weighted by Gasteiger charge is -1.98. The summed E-state index contributed by atoms with van der Waals surface area (Å²) in [5.74, 6) is -1.88. The molecule has 0 radical (unpaired) electrons. The maximum absolute atomic E-state index is 10.4. The monoisotopic (exact) mass is 157 g/mol. The molecule has 0 fully saturated rings. The summed E-state index contributed by atoms with van der Waals surface area (Å²) >= 11 is 0. The predicted octanol–water partition coefficient (Wildman–Crippen LogP) is -0.354. The van der Waals surface area contributed by atoms with Gasteiger partial charge in [-0.3, -0.25) is 0 Å². The normalized spacial score (nSPS) is 8.00. The van der Waals surface area contributed by atoms with E-state index in [4.69, 9.17) is 5.73 Å². The summed E-state index contributed by atoms with van der Waals surface area (Å²) in [7, 11) is 0. The van der Waals surface area contributed by atoms with Crippen LogP contribution in [0.5, 0.6) is 0 Å². The molecule has 5 heteroatoms. The van der Waals surface area contributed by atoms with E-state index in [1.165, 1.54) is 0 Å². The van der Waals surface area contributed by atoms with Crippen molar-refractivity contribution in [1.29, 1.82) is 0 Å². The van der Waals surface area contributed by atoms with Gasteiger partial charge in [0.1, 0.15) is 5.70 Å². The Kier molecular flexibility index (Phi) is 3.44. The second kappa shape index (κ2) is 4.10. The van der Waals surface area contributed by atoms with Gasteiger partial charge in [-0.25, -0.2) is 19.4 Å². The van der Waals surface area contributed by atoms with Gasteiger partial charge in [-0.05, 0) is 0 Å². The summed E-state index contributed by atoms with van der Waals surface area (Å²) in [6.07, 6.45) is 0.840. The van der Waals surface area contributed by atoms with E-state index in [0.29, 0.717) is 0 Å².